The number of ether oxygens (including phenoxy) is 1. The number of rotatable bonds is 8. The Labute approximate surface area is 134 Å². The van der Waals surface area contributed by atoms with Crippen molar-refractivity contribution in [1.29, 1.82) is 0 Å². The van der Waals surface area contributed by atoms with Crippen molar-refractivity contribution >= 4 is 22.9 Å². The summed E-state index contributed by atoms with van der Waals surface area (Å²) in [6.07, 6.45) is 1.97. The molecule has 1 N–H and O–H groups in total. The molecule has 21 heavy (non-hydrogen) atoms. The van der Waals surface area contributed by atoms with E-state index in [1.807, 2.05) is 25.1 Å². The van der Waals surface area contributed by atoms with Gasteiger partial charge in [-0.1, -0.05) is 35.1 Å². The lowest BCUT2D eigenvalue weighted by atomic mass is 10.2. The first-order valence-electron chi connectivity index (χ1n) is 6.99. The molecule has 0 bridgehead atoms. The third-order valence-electron chi connectivity index (χ3n) is 3.05. The van der Waals surface area contributed by atoms with Gasteiger partial charge in [0.15, 0.2) is 0 Å². The van der Waals surface area contributed by atoms with E-state index in [2.05, 4.69) is 15.5 Å². The lowest BCUT2D eigenvalue weighted by Crippen LogP contribution is -2.20. The molecule has 0 saturated carbocycles. The second-order valence-electron chi connectivity index (χ2n) is 4.83. The molecular formula is C15H20ClN3OS. The second-order valence-corrected chi connectivity index (χ2v) is 6.30. The maximum atomic E-state index is 6.27. The molecule has 0 fully saturated rings. The van der Waals surface area contributed by atoms with E-state index >= 15 is 0 Å². The highest BCUT2D eigenvalue weighted by molar-refractivity contribution is 7.14. The molecule has 0 saturated heterocycles. The highest BCUT2D eigenvalue weighted by atomic mass is 35.5. The number of aryl methyl sites for hydroxylation is 2. The molecule has 0 amide bonds. The van der Waals surface area contributed by atoms with Crippen molar-refractivity contribution in [1.82, 2.24) is 15.5 Å². The van der Waals surface area contributed by atoms with E-state index in [-0.39, 0.29) is 0 Å². The van der Waals surface area contributed by atoms with Crippen LogP contribution in [0.2, 0.25) is 5.02 Å². The molecule has 2 aromatic rings. The van der Waals surface area contributed by atoms with Gasteiger partial charge in [0.1, 0.15) is 10.0 Å². The quantitative estimate of drug-likeness (QED) is 0.756. The van der Waals surface area contributed by atoms with Crippen LogP contribution in [0, 0.1) is 6.92 Å². The van der Waals surface area contributed by atoms with Crippen molar-refractivity contribution in [3.63, 3.8) is 0 Å². The summed E-state index contributed by atoms with van der Waals surface area (Å²) in [6.45, 7) is 4.62. The van der Waals surface area contributed by atoms with Crippen molar-refractivity contribution < 1.29 is 4.74 Å². The van der Waals surface area contributed by atoms with E-state index < -0.39 is 0 Å². The van der Waals surface area contributed by atoms with Gasteiger partial charge in [0.25, 0.3) is 0 Å². The number of aromatic nitrogens is 2. The lowest BCUT2D eigenvalue weighted by molar-refractivity contribution is 0.199. The zero-order chi connectivity index (χ0) is 15.1. The SMILES string of the molecule is COCCNCCCc1nnc(-c2ccc(C)cc2Cl)s1. The van der Waals surface area contributed by atoms with Crippen molar-refractivity contribution in [3.05, 3.63) is 33.8 Å². The fourth-order valence-corrected chi connectivity index (χ4v) is 3.22. The topological polar surface area (TPSA) is 47.0 Å². The molecule has 6 heteroatoms. The number of benzene rings is 1. The van der Waals surface area contributed by atoms with E-state index in [0.29, 0.717) is 0 Å². The van der Waals surface area contributed by atoms with Crippen LogP contribution in [0.25, 0.3) is 10.6 Å². The summed E-state index contributed by atoms with van der Waals surface area (Å²) in [7, 11) is 1.71. The summed E-state index contributed by atoms with van der Waals surface area (Å²) in [5, 5.41) is 14.5. The third kappa shape index (κ3) is 5.04. The maximum absolute atomic E-state index is 6.27. The standard InChI is InChI=1S/C15H20ClN3OS/c1-11-5-6-12(13(16)10-11)15-19-18-14(21-15)4-3-7-17-8-9-20-2/h5-6,10,17H,3-4,7-9H2,1-2H3. The van der Waals surface area contributed by atoms with E-state index in [1.165, 1.54) is 0 Å². The number of nitrogens with zero attached hydrogens (tertiary/aromatic N) is 2. The summed E-state index contributed by atoms with van der Waals surface area (Å²) >= 11 is 7.88. The smallest absolute Gasteiger partial charge is 0.149 e. The van der Waals surface area contributed by atoms with Gasteiger partial charge in [-0.3, -0.25) is 0 Å². The Bertz CT molecular complexity index is 574. The predicted molar refractivity (Wildman–Crippen MR) is 88.2 cm³/mol. The molecule has 2 rings (SSSR count). The van der Waals surface area contributed by atoms with Gasteiger partial charge in [-0.05, 0) is 31.5 Å². The molecule has 1 heterocycles. The van der Waals surface area contributed by atoms with E-state index in [1.54, 1.807) is 18.4 Å². The number of methoxy groups -OCH3 is 1. The van der Waals surface area contributed by atoms with Gasteiger partial charge in [0, 0.05) is 25.6 Å². The maximum Gasteiger partial charge on any atom is 0.149 e. The fourth-order valence-electron chi connectivity index (χ4n) is 1.92. The first kappa shape index (κ1) is 16.4. The molecular weight excluding hydrogens is 306 g/mol. The average Bonchev–Trinajstić information content (AvgIpc) is 2.91. The van der Waals surface area contributed by atoms with Gasteiger partial charge in [-0.15, -0.1) is 10.2 Å². The monoisotopic (exact) mass is 325 g/mol. The first-order valence-corrected chi connectivity index (χ1v) is 8.18. The molecule has 1 aromatic carbocycles. The zero-order valence-corrected chi connectivity index (χ0v) is 13.9. The molecule has 0 unspecified atom stereocenters. The minimum absolute atomic E-state index is 0.735. The highest BCUT2D eigenvalue weighted by Crippen LogP contribution is 2.31. The van der Waals surface area contributed by atoms with Crippen LogP contribution in [0.3, 0.4) is 0 Å². The van der Waals surface area contributed by atoms with Gasteiger partial charge in [-0.25, -0.2) is 0 Å². The van der Waals surface area contributed by atoms with Gasteiger partial charge in [0.2, 0.25) is 0 Å². The van der Waals surface area contributed by atoms with Gasteiger partial charge in [0.05, 0.1) is 11.6 Å². The van der Waals surface area contributed by atoms with Crippen LogP contribution < -0.4 is 5.32 Å². The van der Waals surface area contributed by atoms with Crippen LogP contribution in [0.1, 0.15) is 17.0 Å². The summed E-state index contributed by atoms with van der Waals surface area (Å²) in [5.74, 6) is 0. The van der Waals surface area contributed by atoms with Gasteiger partial charge in [-0.2, -0.15) is 0 Å². The van der Waals surface area contributed by atoms with Crippen molar-refractivity contribution in [2.45, 2.75) is 19.8 Å². The predicted octanol–water partition coefficient (Wildman–Crippen LogP) is 3.34. The van der Waals surface area contributed by atoms with Gasteiger partial charge < -0.3 is 10.1 Å². The Kier molecular flexibility index (Phi) is 6.57. The molecule has 4 nitrogen and oxygen atoms in total. The molecule has 0 aliphatic rings. The fraction of sp³-hybridized carbons (Fsp3) is 0.467. The highest BCUT2D eigenvalue weighted by Gasteiger charge is 2.10. The second kappa shape index (κ2) is 8.44. The lowest BCUT2D eigenvalue weighted by Gasteiger charge is -2.02. The van der Waals surface area contributed by atoms with Crippen LogP contribution in [0.5, 0.6) is 0 Å². The van der Waals surface area contributed by atoms with Crippen molar-refractivity contribution in [3.8, 4) is 10.6 Å². The largest absolute Gasteiger partial charge is 0.383 e. The molecule has 0 aliphatic carbocycles. The molecule has 0 spiro atoms. The molecule has 1 aromatic heterocycles. The Balaban J connectivity index is 1.86. The summed E-state index contributed by atoms with van der Waals surface area (Å²) in [4.78, 5) is 0. The van der Waals surface area contributed by atoms with Gasteiger partial charge >= 0.3 is 0 Å². The molecule has 0 atom stereocenters. The molecule has 114 valence electrons. The summed E-state index contributed by atoms with van der Waals surface area (Å²) in [6, 6.07) is 6.01. The summed E-state index contributed by atoms with van der Waals surface area (Å²) < 4.78 is 4.98. The third-order valence-corrected chi connectivity index (χ3v) is 4.38. The number of nitrogens with one attached hydrogen (secondary N) is 1. The number of hydrogen-bond acceptors (Lipinski definition) is 5. The Hall–Kier alpha value is -1.01. The molecule has 0 aliphatic heterocycles. The minimum atomic E-state index is 0.735. The number of hydrogen-bond donors (Lipinski definition) is 1. The summed E-state index contributed by atoms with van der Waals surface area (Å²) in [5.41, 5.74) is 2.11. The Morgan fingerprint density at radius 1 is 1.29 bits per heavy atom. The zero-order valence-electron chi connectivity index (χ0n) is 12.4. The van der Waals surface area contributed by atoms with Crippen molar-refractivity contribution in [2.24, 2.45) is 0 Å². The van der Waals surface area contributed by atoms with Crippen LogP contribution >= 0.6 is 22.9 Å². The van der Waals surface area contributed by atoms with E-state index in [9.17, 15) is 0 Å². The van der Waals surface area contributed by atoms with E-state index in [0.717, 1.165) is 58.7 Å². The number of halogens is 1. The van der Waals surface area contributed by atoms with Crippen LogP contribution in [0.15, 0.2) is 18.2 Å². The first-order chi connectivity index (χ1) is 10.2. The minimum Gasteiger partial charge on any atom is -0.383 e. The van der Waals surface area contributed by atoms with Crippen molar-refractivity contribution in [2.75, 3.05) is 26.8 Å². The van der Waals surface area contributed by atoms with Crippen LogP contribution in [0.4, 0.5) is 0 Å². The van der Waals surface area contributed by atoms with E-state index in [4.69, 9.17) is 16.3 Å². The van der Waals surface area contributed by atoms with Crippen LogP contribution in [-0.2, 0) is 11.2 Å². The Morgan fingerprint density at radius 3 is 2.90 bits per heavy atom. The normalized spacial score (nSPS) is 11.0. The molecule has 0 radical (unpaired) electrons. The average molecular weight is 326 g/mol. The Morgan fingerprint density at radius 2 is 2.14 bits per heavy atom. The van der Waals surface area contributed by atoms with Crippen LogP contribution in [-0.4, -0.2) is 37.0 Å².